The molecule has 2 heterocycles. The maximum Gasteiger partial charge on any atom is 0.350 e. The van der Waals surface area contributed by atoms with Crippen molar-refractivity contribution in [3.63, 3.8) is 0 Å². The van der Waals surface area contributed by atoms with Crippen molar-refractivity contribution in [1.82, 2.24) is 24.9 Å². The lowest BCUT2D eigenvalue weighted by atomic mass is 10.1. The minimum atomic E-state index is -0.605. The molecule has 0 aliphatic rings. The van der Waals surface area contributed by atoms with Crippen LogP contribution in [-0.2, 0) is 19.3 Å². The maximum absolute atomic E-state index is 11.2. The average molecular weight is 331 g/mol. The molecule has 0 radical (unpaired) electrons. The zero-order valence-corrected chi connectivity index (χ0v) is 14.8. The summed E-state index contributed by atoms with van der Waals surface area (Å²) in [5, 5.41) is 0. The van der Waals surface area contributed by atoms with E-state index in [0.717, 1.165) is 48.5 Å². The largest absolute Gasteiger partial charge is 0.350 e. The fourth-order valence-corrected chi connectivity index (χ4v) is 2.65. The van der Waals surface area contributed by atoms with Crippen molar-refractivity contribution in [3.8, 4) is 0 Å². The Morgan fingerprint density at radius 1 is 0.875 bits per heavy atom. The third kappa shape index (κ3) is 5.11. The third-order valence-corrected chi connectivity index (χ3v) is 3.83. The van der Waals surface area contributed by atoms with Gasteiger partial charge in [-0.15, -0.1) is 0 Å². The number of aromatic amines is 2. The Morgan fingerprint density at radius 2 is 1.50 bits per heavy atom. The van der Waals surface area contributed by atoms with E-state index in [1.54, 1.807) is 0 Å². The number of hydrogen-bond acceptors (Lipinski definition) is 5. The third-order valence-electron chi connectivity index (χ3n) is 3.83. The summed E-state index contributed by atoms with van der Waals surface area (Å²) >= 11 is 0. The molecule has 0 saturated heterocycles. The van der Waals surface area contributed by atoms with Crippen LogP contribution in [0.1, 0.15) is 55.3 Å². The average Bonchev–Trinajstić information content (AvgIpc) is 2.46. The van der Waals surface area contributed by atoms with Crippen LogP contribution in [0.2, 0.25) is 0 Å². The topological polar surface area (TPSA) is 104 Å². The van der Waals surface area contributed by atoms with Gasteiger partial charge in [0.1, 0.15) is 5.82 Å². The van der Waals surface area contributed by atoms with Crippen LogP contribution < -0.4 is 11.4 Å². The number of hydrogen-bond donors (Lipinski definition) is 2. The first-order valence-electron chi connectivity index (χ1n) is 8.37. The minimum Gasteiger partial charge on any atom is -0.295 e. The van der Waals surface area contributed by atoms with Gasteiger partial charge in [-0.3, -0.25) is 19.9 Å². The second kappa shape index (κ2) is 7.99. The molecule has 0 bridgehead atoms. The Kier molecular flexibility index (Phi) is 6.00. The van der Waals surface area contributed by atoms with Gasteiger partial charge in [0.2, 0.25) is 0 Å². The van der Waals surface area contributed by atoms with Gasteiger partial charge >= 0.3 is 11.4 Å². The molecule has 2 aromatic rings. The molecule has 0 atom stereocenters. The first-order chi connectivity index (χ1) is 11.3. The molecule has 0 saturated carbocycles. The molecule has 0 aromatic carbocycles. The molecule has 2 aromatic heterocycles. The fraction of sp³-hybridized carbons (Fsp3) is 0.588. The zero-order chi connectivity index (χ0) is 17.7. The quantitative estimate of drug-likeness (QED) is 0.750. The number of aromatic nitrogens is 5. The Hall–Kier alpha value is -2.31. The lowest BCUT2D eigenvalue weighted by molar-refractivity contribution is 0.622. The van der Waals surface area contributed by atoms with E-state index in [0.29, 0.717) is 18.2 Å². The van der Waals surface area contributed by atoms with Crippen LogP contribution in [0.15, 0.2) is 9.59 Å². The number of rotatable bonds is 7. The predicted molar refractivity (Wildman–Crippen MR) is 92.2 cm³/mol. The van der Waals surface area contributed by atoms with Crippen molar-refractivity contribution in [3.05, 3.63) is 49.6 Å². The molecule has 7 nitrogen and oxygen atoms in total. The molecule has 2 rings (SSSR count). The zero-order valence-electron chi connectivity index (χ0n) is 14.8. The van der Waals surface area contributed by atoms with Crippen LogP contribution in [0.5, 0.6) is 0 Å². The van der Waals surface area contributed by atoms with E-state index < -0.39 is 11.4 Å². The first kappa shape index (κ1) is 18.0. The van der Waals surface area contributed by atoms with Crippen LogP contribution in [0.3, 0.4) is 0 Å². The van der Waals surface area contributed by atoms with Crippen molar-refractivity contribution >= 4 is 0 Å². The monoisotopic (exact) mass is 331 g/mol. The van der Waals surface area contributed by atoms with E-state index in [9.17, 15) is 9.59 Å². The summed E-state index contributed by atoms with van der Waals surface area (Å²) in [5.74, 6) is 0.988. The van der Waals surface area contributed by atoms with Gasteiger partial charge in [-0.05, 0) is 45.4 Å². The van der Waals surface area contributed by atoms with Gasteiger partial charge in [0.05, 0.1) is 22.8 Å². The van der Waals surface area contributed by atoms with Crippen LogP contribution in [0, 0.1) is 19.8 Å². The van der Waals surface area contributed by atoms with E-state index in [2.05, 4.69) is 28.8 Å². The van der Waals surface area contributed by atoms with Gasteiger partial charge in [-0.25, -0.2) is 9.59 Å². The highest BCUT2D eigenvalue weighted by Gasteiger charge is 2.10. The Labute approximate surface area is 141 Å². The summed E-state index contributed by atoms with van der Waals surface area (Å²) in [5.41, 5.74) is 2.97. The highest BCUT2D eigenvalue weighted by Crippen LogP contribution is 2.14. The molecule has 0 fully saturated rings. The van der Waals surface area contributed by atoms with Gasteiger partial charge in [0, 0.05) is 6.42 Å². The molecule has 0 unspecified atom stereocenters. The molecular weight excluding hydrogens is 306 g/mol. The minimum absolute atomic E-state index is 0.426. The molecule has 2 N–H and O–H groups in total. The molecule has 0 amide bonds. The summed E-state index contributed by atoms with van der Waals surface area (Å²) in [6.07, 6.45) is 4.06. The number of H-pyrrole nitrogens is 2. The van der Waals surface area contributed by atoms with Gasteiger partial charge in [0.25, 0.3) is 0 Å². The van der Waals surface area contributed by atoms with Crippen molar-refractivity contribution in [1.29, 1.82) is 0 Å². The Morgan fingerprint density at radius 3 is 2.17 bits per heavy atom. The SMILES string of the molecule is Cc1nc(CC(C)C)c(C)nc1CCCCc1nc(=O)[nH]c(=O)[nH]1. The predicted octanol–water partition coefficient (Wildman–Crippen LogP) is 1.63. The number of aryl methyl sites for hydroxylation is 4. The summed E-state index contributed by atoms with van der Waals surface area (Å²) < 4.78 is 0. The van der Waals surface area contributed by atoms with Crippen molar-refractivity contribution < 1.29 is 0 Å². The second-order valence-corrected chi connectivity index (χ2v) is 6.54. The van der Waals surface area contributed by atoms with Gasteiger partial charge < -0.3 is 0 Å². The van der Waals surface area contributed by atoms with Crippen LogP contribution in [-0.4, -0.2) is 24.9 Å². The Balaban J connectivity index is 1.93. The normalized spacial score (nSPS) is 11.2. The lowest BCUT2D eigenvalue weighted by Crippen LogP contribution is -2.26. The van der Waals surface area contributed by atoms with Crippen molar-refractivity contribution in [2.45, 2.75) is 59.8 Å². The molecule has 0 spiro atoms. The highest BCUT2D eigenvalue weighted by molar-refractivity contribution is 5.19. The number of nitrogens with one attached hydrogen (secondary N) is 2. The van der Waals surface area contributed by atoms with Crippen molar-refractivity contribution in [2.24, 2.45) is 5.92 Å². The summed E-state index contributed by atoms with van der Waals surface area (Å²) in [7, 11) is 0. The molecular formula is C17H25N5O2. The van der Waals surface area contributed by atoms with Gasteiger partial charge in [-0.2, -0.15) is 4.98 Å². The Bertz CT molecular complexity index is 779. The van der Waals surface area contributed by atoms with E-state index in [-0.39, 0.29) is 0 Å². The fourth-order valence-electron chi connectivity index (χ4n) is 2.65. The van der Waals surface area contributed by atoms with E-state index in [4.69, 9.17) is 9.97 Å². The molecule has 0 aliphatic carbocycles. The number of unbranched alkanes of at least 4 members (excludes halogenated alkanes) is 1. The number of nitrogens with zero attached hydrogens (tertiary/aromatic N) is 3. The summed E-state index contributed by atoms with van der Waals surface area (Å²) in [6, 6.07) is 0. The van der Waals surface area contributed by atoms with Gasteiger partial charge in [-0.1, -0.05) is 13.8 Å². The maximum atomic E-state index is 11.2. The van der Waals surface area contributed by atoms with E-state index in [1.807, 2.05) is 13.8 Å². The van der Waals surface area contributed by atoms with E-state index in [1.165, 1.54) is 0 Å². The van der Waals surface area contributed by atoms with Gasteiger partial charge in [0.15, 0.2) is 0 Å². The smallest absolute Gasteiger partial charge is 0.295 e. The molecule has 0 aliphatic heterocycles. The highest BCUT2D eigenvalue weighted by atomic mass is 16.2. The van der Waals surface area contributed by atoms with Crippen LogP contribution in [0.25, 0.3) is 0 Å². The van der Waals surface area contributed by atoms with Crippen LogP contribution in [0.4, 0.5) is 0 Å². The van der Waals surface area contributed by atoms with E-state index >= 15 is 0 Å². The summed E-state index contributed by atoms with van der Waals surface area (Å²) in [4.78, 5) is 40.1. The second-order valence-electron chi connectivity index (χ2n) is 6.54. The molecule has 7 heteroatoms. The van der Waals surface area contributed by atoms with Crippen LogP contribution >= 0.6 is 0 Å². The molecule has 24 heavy (non-hydrogen) atoms. The van der Waals surface area contributed by atoms with Crippen molar-refractivity contribution in [2.75, 3.05) is 0 Å². The molecule has 130 valence electrons. The first-order valence-corrected chi connectivity index (χ1v) is 8.37. The standard InChI is InChI=1S/C17H25N5O2/c1-10(2)9-14-12(4)18-13(11(3)19-14)7-5-6-8-15-20-16(23)22-17(24)21-15/h10H,5-9H2,1-4H3,(H2,20,21,22,23,24). The lowest BCUT2D eigenvalue weighted by Gasteiger charge is -2.11. The summed E-state index contributed by atoms with van der Waals surface area (Å²) in [6.45, 7) is 8.37.